The van der Waals surface area contributed by atoms with Crippen LogP contribution in [0.3, 0.4) is 0 Å². The van der Waals surface area contributed by atoms with Crippen LogP contribution in [0.25, 0.3) is 0 Å². The Morgan fingerprint density at radius 1 is 1.22 bits per heavy atom. The van der Waals surface area contributed by atoms with Crippen molar-refractivity contribution in [2.45, 2.75) is 17.5 Å². The monoisotopic (exact) mass is 375 g/mol. The molecule has 0 bridgehead atoms. The number of methoxy groups -OCH3 is 1. The lowest BCUT2D eigenvalue weighted by molar-refractivity contribution is -0.137. The first-order chi connectivity index (χ1) is 10.7. The van der Waals surface area contributed by atoms with Crippen molar-refractivity contribution in [2.24, 2.45) is 0 Å². The molecule has 0 aromatic heterocycles. The maximum atomic E-state index is 12.7. The number of hydrogen-bond donors (Lipinski definition) is 1. The lowest BCUT2D eigenvalue weighted by atomic mass is 10.2. The van der Waals surface area contributed by atoms with Gasteiger partial charge in [0.2, 0.25) is 10.0 Å². The standard InChI is InChI=1S/C13H17ClF3NO4S/c1-21-7-8-22-6-2-5-18-23(19,20)12-9-10(13(15,16)17)3-4-11(12)14/h3-4,9,18H,2,5-8H2,1H3. The molecule has 1 aromatic rings. The SMILES string of the molecule is COCCOCCCNS(=O)(=O)c1cc(C(F)(F)F)ccc1Cl. The third-order valence-corrected chi connectivity index (χ3v) is 4.68. The van der Waals surface area contributed by atoms with Crippen LogP contribution >= 0.6 is 11.6 Å². The highest BCUT2D eigenvalue weighted by Gasteiger charge is 2.32. The van der Waals surface area contributed by atoms with Crippen LogP contribution in [0.1, 0.15) is 12.0 Å². The molecule has 1 aromatic carbocycles. The van der Waals surface area contributed by atoms with E-state index in [2.05, 4.69) is 4.72 Å². The molecule has 1 N–H and O–H groups in total. The number of nitrogens with one attached hydrogen (secondary N) is 1. The number of ether oxygens (including phenoxy) is 2. The maximum absolute atomic E-state index is 12.7. The Hall–Kier alpha value is -0.870. The van der Waals surface area contributed by atoms with E-state index in [4.69, 9.17) is 21.1 Å². The first-order valence-electron chi connectivity index (χ1n) is 6.61. The fraction of sp³-hybridized carbons (Fsp3) is 0.538. The third kappa shape index (κ3) is 6.64. The second kappa shape index (κ2) is 8.84. The van der Waals surface area contributed by atoms with Gasteiger partial charge in [-0.1, -0.05) is 11.6 Å². The Balaban J connectivity index is 2.66. The minimum Gasteiger partial charge on any atom is -0.382 e. The molecule has 5 nitrogen and oxygen atoms in total. The van der Waals surface area contributed by atoms with Crippen molar-refractivity contribution in [2.75, 3.05) is 33.5 Å². The molecule has 1 rings (SSSR count). The summed E-state index contributed by atoms with van der Waals surface area (Å²) in [6, 6.07) is 2.15. The zero-order chi connectivity index (χ0) is 17.5. The quantitative estimate of drug-likeness (QED) is 0.674. The largest absolute Gasteiger partial charge is 0.416 e. The third-order valence-electron chi connectivity index (χ3n) is 2.74. The fourth-order valence-electron chi connectivity index (χ4n) is 1.59. The van der Waals surface area contributed by atoms with Crippen LogP contribution in [0.2, 0.25) is 5.02 Å². The normalized spacial score (nSPS) is 12.6. The number of alkyl halides is 3. The van der Waals surface area contributed by atoms with E-state index in [1.165, 1.54) is 7.11 Å². The molecule has 10 heteroatoms. The van der Waals surface area contributed by atoms with Gasteiger partial charge >= 0.3 is 6.18 Å². The molecule has 132 valence electrons. The number of benzene rings is 1. The van der Waals surface area contributed by atoms with Gasteiger partial charge in [-0.3, -0.25) is 0 Å². The summed E-state index contributed by atoms with van der Waals surface area (Å²) in [6.07, 6.45) is -4.29. The highest BCUT2D eigenvalue weighted by molar-refractivity contribution is 7.89. The van der Waals surface area contributed by atoms with Crippen LogP contribution in [0, 0.1) is 0 Å². The van der Waals surface area contributed by atoms with Gasteiger partial charge in [0.15, 0.2) is 0 Å². The van der Waals surface area contributed by atoms with Gasteiger partial charge in [-0.2, -0.15) is 13.2 Å². The topological polar surface area (TPSA) is 64.6 Å². The maximum Gasteiger partial charge on any atom is 0.416 e. The summed E-state index contributed by atoms with van der Waals surface area (Å²) >= 11 is 5.70. The van der Waals surface area contributed by atoms with Crippen molar-refractivity contribution in [3.8, 4) is 0 Å². The average Bonchev–Trinajstić information content (AvgIpc) is 2.45. The van der Waals surface area contributed by atoms with Crippen molar-refractivity contribution < 1.29 is 31.1 Å². The molecule has 0 atom stereocenters. The van der Waals surface area contributed by atoms with Crippen LogP contribution < -0.4 is 4.72 Å². The van der Waals surface area contributed by atoms with Gasteiger partial charge in [0, 0.05) is 20.3 Å². The second-order valence-corrected chi connectivity index (χ2v) is 6.64. The molecule has 23 heavy (non-hydrogen) atoms. The summed E-state index contributed by atoms with van der Waals surface area (Å²) in [7, 11) is -2.61. The predicted octanol–water partition coefficient (Wildman–Crippen LogP) is 2.69. The van der Waals surface area contributed by atoms with E-state index >= 15 is 0 Å². The molecule has 0 fully saturated rings. The lowest BCUT2D eigenvalue weighted by Gasteiger charge is -2.12. The molecule has 0 spiro atoms. The molecule has 0 amide bonds. The molecule has 0 saturated heterocycles. The second-order valence-electron chi connectivity index (χ2n) is 4.50. The summed E-state index contributed by atoms with van der Waals surface area (Å²) in [5.74, 6) is 0. The molecule has 0 heterocycles. The van der Waals surface area contributed by atoms with E-state index < -0.39 is 26.7 Å². The van der Waals surface area contributed by atoms with Crippen LogP contribution in [-0.2, 0) is 25.7 Å². The van der Waals surface area contributed by atoms with Gasteiger partial charge in [-0.05, 0) is 24.6 Å². The lowest BCUT2D eigenvalue weighted by Crippen LogP contribution is -2.26. The van der Waals surface area contributed by atoms with Crippen LogP contribution in [-0.4, -0.2) is 41.9 Å². The Kier molecular flexibility index (Phi) is 7.75. The highest BCUT2D eigenvalue weighted by Crippen LogP contribution is 2.33. The van der Waals surface area contributed by atoms with E-state index in [-0.39, 0.29) is 11.6 Å². The number of rotatable bonds is 9. The van der Waals surface area contributed by atoms with Crippen molar-refractivity contribution in [3.63, 3.8) is 0 Å². The number of halogens is 4. The molecule has 0 aliphatic rings. The zero-order valence-corrected chi connectivity index (χ0v) is 13.9. The molecular weight excluding hydrogens is 359 g/mol. The summed E-state index contributed by atoms with van der Waals surface area (Å²) in [5.41, 5.74) is -1.08. The molecular formula is C13H17ClF3NO4S. The Bertz CT molecular complexity index is 608. The Morgan fingerprint density at radius 2 is 1.91 bits per heavy atom. The van der Waals surface area contributed by atoms with Crippen molar-refractivity contribution in [3.05, 3.63) is 28.8 Å². The summed E-state index contributed by atoms with van der Waals surface area (Å²) in [5, 5.41) is -0.276. The minimum atomic E-state index is -4.65. The minimum absolute atomic E-state index is 0.0158. The first-order valence-corrected chi connectivity index (χ1v) is 8.47. The summed E-state index contributed by atoms with van der Waals surface area (Å²) < 4.78 is 74.2. The number of sulfonamides is 1. The van der Waals surface area contributed by atoms with Crippen LogP contribution in [0.4, 0.5) is 13.2 Å². The van der Waals surface area contributed by atoms with E-state index in [0.29, 0.717) is 32.3 Å². The molecule has 0 aliphatic heterocycles. The molecule has 0 radical (unpaired) electrons. The van der Waals surface area contributed by atoms with E-state index in [1.54, 1.807) is 0 Å². The first kappa shape index (κ1) is 20.2. The number of hydrogen-bond acceptors (Lipinski definition) is 4. The van der Waals surface area contributed by atoms with Gasteiger partial charge in [-0.15, -0.1) is 0 Å². The van der Waals surface area contributed by atoms with Gasteiger partial charge in [0.1, 0.15) is 4.90 Å². The van der Waals surface area contributed by atoms with Crippen molar-refractivity contribution in [1.82, 2.24) is 4.72 Å². The fourth-order valence-corrected chi connectivity index (χ4v) is 3.19. The van der Waals surface area contributed by atoms with E-state index in [0.717, 1.165) is 12.1 Å². The Labute approximate surface area is 137 Å². The Morgan fingerprint density at radius 3 is 2.52 bits per heavy atom. The van der Waals surface area contributed by atoms with Crippen LogP contribution in [0.15, 0.2) is 23.1 Å². The van der Waals surface area contributed by atoms with Crippen LogP contribution in [0.5, 0.6) is 0 Å². The smallest absolute Gasteiger partial charge is 0.382 e. The van der Waals surface area contributed by atoms with Crippen molar-refractivity contribution >= 4 is 21.6 Å². The zero-order valence-electron chi connectivity index (χ0n) is 12.3. The highest BCUT2D eigenvalue weighted by atomic mass is 35.5. The van der Waals surface area contributed by atoms with Crippen molar-refractivity contribution in [1.29, 1.82) is 0 Å². The molecule has 0 saturated carbocycles. The van der Waals surface area contributed by atoms with E-state index in [1.807, 2.05) is 0 Å². The van der Waals surface area contributed by atoms with Gasteiger partial charge in [0.05, 0.1) is 23.8 Å². The van der Waals surface area contributed by atoms with Gasteiger partial charge < -0.3 is 9.47 Å². The average molecular weight is 376 g/mol. The van der Waals surface area contributed by atoms with Gasteiger partial charge in [-0.25, -0.2) is 13.1 Å². The predicted molar refractivity (Wildman–Crippen MR) is 79.0 cm³/mol. The summed E-state index contributed by atoms with van der Waals surface area (Å²) in [4.78, 5) is -0.603. The van der Waals surface area contributed by atoms with E-state index in [9.17, 15) is 21.6 Å². The van der Waals surface area contributed by atoms with Gasteiger partial charge in [0.25, 0.3) is 0 Å². The molecule has 0 unspecified atom stereocenters. The molecule has 0 aliphatic carbocycles. The summed E-state index contributed by atoms with van der Waals surface area (Å²) in [6.45, 7) is 1.11.